The zero-order valence-corrected chi connectivity index (χ0v) is 7.01. The zero-order valence-electron chi connectivity index (χ0n) is 7.01. The molecule has 0 aromatic heterocycles. The summed E-state index contributed by atoms with van der Waals surface area (Å²) in [5, 5.41) is 3.37. The molecule has 0 bridgehead atoms. The number of hydrogen-bond acceptors (Lipinski definition) is 3. The largest absolute Gasteiger partial charge is 0.343 e. The maximum atomic E-state index is 4.50. The maximum absolute atomic E-state index is 4.50. The van der Waals surface area contributed by atoms with Gasteiger partial charge in [0.25, 0.3) is 0 Å². The van der Waals surface area contributed by atoms with Gasteiger partial charge in [-0.3, -0.25) is 10.3 Å². The maximum Gasteiger partial charge on any atom is 0.100 e. The molecule has 0 aliphatic carbocycles. The van der Waals surface area contributed by atoms with Crippen molar-refractivity contribution in [3.05, 3.63) is 0 Å². The Balaban J connectivity index is 2.05. The first-order chi connectivity index (χ1) is 5.42. The number of rotatable bonds is 1. The minimum absolute atomic E-state index is 0.714. The molecule has 1 N–H and O–H groups in total. The fourth-order valence-electron chi connectivity index (χ4n) is 1.86. The van der Waals surface area contributed by atoms with Crippen LogP contribution in [0, 0.1) is 0 Å². The van der Waals surface area contributed by atoms with E-state index in [2.05, 4.69) is 22.1 Å². The molecular formula is C8H15N3. The molecule has 0 saturated carbocycles. The van der Waals surface area contributed by atoms with Gasteiger partial charge in [0.1, 0.15) is 5.84 Å². The van der Waals surface area contributed by atoms with Crippen LogP contribution in [0.5, 0.6) is 0 Å². The summed E-state index contributed by atoms with van der Waals surface area (Å²) in [7, 11) is 0. The molecule has 0 aromatic rings. The predicted molar refractivity (Wildman–Crippen MR) is 45.7 cm³/mol. The standard InChI is InChI=1S/C8H15N3/c1-2-8-10-5-7-3-4-9-6-11(7)8/h7,9H,2-6H2,1H3. The number of nitrogens with one attached hydrogen (secondary N) is 1. The molecule has 2 rings (SSSR count). The number of amidine groups is 1. The Labute approximate surface area is 67.5 Å². The van der Waals surface area contributed by atoms with Crippen LogP contribution in [0.25, 0.3) is 0 Å². The fourth-order valence-corrected chi connectivity index (χ4v) is 1.86. The lowest BCUT2D eigenvalue weighted by molar-refractivity contribution is 0.253. The smallest absolute Gasteiger partial charge is 0.100 e. The van der Waals surface area contributed by atoms with E-state index < -0.39 is 0 Å². The average molecular weight is 153 g/mol. The highest BCUT2D eigenvalue weighted by molar-refractivity contribution is 5.84. The van der Waals surface area contributed by atoms with Gasteiger partial charge < -0.3 is 4.90 Å². The summed E-state index contributed by atoms with van der Waals surface area (Å²) >= 11 is 0. The average Bonchev–Trinajstić information content (AvgIpc) is 2.47. The molecule has 0 spiro atoms. The molecule has 0 amide bonds. The molecule has 62 valence electrons. The van der Waals surface area contributed by atoms with Gasteiger partial charge in [0.05, 0.1) is 19.3 Å². The minimum Gasteiger partial charge on any atom is -0.343 e. The van der Waals surface area contributed by atoms with Crippen LogP contribution >= 0.6 is 0 Å². The Morgan fingerprint density at radius 2 is 2.64 bits per heavy atom. The summed E-state index contributed by atoms with van der Waals surface area (Å²) < 4.78 is 0. The van der Waals surface area contributed by atoms with Gasteiger partial charge in [-0.1, -0.05) is 6.92 Å². The molecular weight excluding hydrogens is 138 g/mol. The number of fused-ring (bicyclic) bond motifs is 1. The Bertz CT molecular complexity index is 176. The molecule has 1 saturated heterocycles. The van der Waals surface area contributed by atoms with Gasteiger partial charge >= 0.3 is 0 Å². The van der Waals surface area contributed by atoms with Gasteiger partial charge in [-0.2, -0.15) is 0 Å². The van der Waals surface area contributed by atoms with Crippen molar-refractivity contribution < 1.29 is 0 Å². The van der Waals surface area contributed by atoms with Gasteiger partial charge in [0.15, 0.2) is 0 Å². The van der Waals surface area contributed by atoms with Crippen molar-refractivity contribution in [3.63, 3.8) is 0 Å². The van der Waals surface area contributed by atoms with Crippen molar-refractivity contribution >= 4 is 5.84 Å². The fraction of sp³-hybridized carbons (Fsp3) is 0.875. The van der Waals surface area contributed by atoms with Crippen molar-refractivity contribution in [1.29, 1.82) is 0 Å². The third-order valence-corrected chi connectivity index (χ3v) is 2.51. The van der Waals surface area contributed by atoms with E-state index in [0.717, 1.165) is 26.2 Å². The van der Waals surface area contributed by atoms with Crippen molar-refractivity contribution in [3.8, 4) is 0 Å². The van der Waals surface area contributed by atoms with E-state index in [1.807, 2.05) is 0 Å². The van der Waals surface area contributed by atoms with E-state index in [1.165, 1.54) is 12.3 Å². The Hall–Kier alpha value is -0.570. The number of hydrogen-bond donors (Lipinski definition) is 1. The Morgan fingerprint density at radius 3 is 3.45 bits per heavy atom. The predicted octanol–water partition coefficient (Wildman–Crippen LogP) is 0.430. The number of nitrogens with zero attached hydrogens (tertiary/aromatic N) is 2. The van der Waals surface area contributed by atoms with Crippen LogP contribution in [0.2, 0.25) is 0 Å². The van der Waals surface area contributed by atoms with Crippen LogP contribution in [0.3, 0.4) is 0 Å². The van der Waals surface area contributed by atoms with E-state index in [4.69, 9.17) is 0 Å². The van der Waals surface area contributed by atoms with Crippen molar-refractivity contribution in [2.24, 2.45) is 4.99 Å². The Kier molecular flexibility index (Phi) is 1.82. The first-order valence-electron chi connectivity index (χ1n) is 4.42. The van der Waals surface area contributed by atoms with Crippen LogP contribution in [0.15, 0.2) is 4.99 Å². The topological polar surface area (TPSA) is 27.6 Å². The molecule has 2 aliphatic heterocycles. The van der Waals surface area contributed by atoms with Crippen LogP contribution in [0.4, 0.5) is 0 Å². The zero-order chi connectivity index (χ0) is 7.68. The van der Waals surface area contributed by atoms with E-state index >= 15 is 0 Å². The third kappa shape index (κ3) is 1.13. The third-order valence-electron chi connectivity index (χ3n) is 2.51. The first-order valence-corrected chi connectivity index (χ1v) is 4.42. The second-order valence-electron chi connectivity index (χ2n) is 3.18. The molecule has 2 aliphatic rings. The molecule has 1 atom stereocenters. The van der Waals surface area contributed by atoms with Crippen LogP contribution in [0.1, 0.15) is 19.8 Å². The normalized spacial score (nSPS) is 30.1. The van der Waals surface area contributed by atoms with Gasteiger partial charge in [-0.05, 0) is 13.0 Å². The molecule has 11 heavy (non-hydrogen) atoms. The highest BCUT2D eigenvalue weighted by Gasteiger charge is 2.27. The second kappa shape index (κ2) is 2.81. The lowest BCUT2D eigenvalue weighted by Gasteiger charge is -2.32. The molecule has 2 heterocycles. The SMILES string of the molecule is CCC1=NCC2CCNCN12. The summed E-state index contributed by atoms with van der Waals surface area (Å²) in [6, 6.07) is 0.714. The highest BCUT2D eigenvalue weighted by atomic mass is 15.3. The van der Waals surface area contributed by atoms with Crippen LogP contribution < -0.4 is 5.32 Å². The number of aliphatic imine (C=N–C) groups is 1. The summed E-state index contributed by atoms with van der Waals surface area (Å²) in [5.74, 6) is 1.29. The molecule has 3 heteroatoms. The molecule has 3 nitrogen and oxygen atoms in total. The van der Waals surface area contributed by atoms with Crippen molar-refractivity contribution in [2.45, 2.75) is 25.8 Å². The van der Waals surface area contributed by atoms with E-state index in [0.29, 0.717) is 6.04 Å². The van der Waals surface area contributed by atoms with Crippen molar-refractivity contribution in [2.75, 3.05) is 19.8 Å². The van der Waals surface area contributed by atoms with Crippen molar-refractivity contribution in [1.82, 2.24) is 10.2 Å². The quantitative estimate of drug-likeness (QED) is 0.591. The summed E-state index contributed by atoms with van der Waals surface area (Å²) in [4.78, 5) is 6.91. The summed E-state index contributed by atoms with van der Waals surface area (Å²) in [5.41, 5.74) is 0. The van der Waals surface area contributed by atoms with E-state index in [1.54, 1.807) is 0 Å². The van der Waals surface area contributed by atoms with E-state index in [-0.39, 0.29) is 0 Å². The Morgan fingerprint density at radius 1 is 1.73 bits per heavy atom. The van der Waals surface area contributed by atoms with Crippen LogP contribution in [-0.4, -0.2) is 36.5 Å². The first kappa shape index (κ1) is 7.10. The molecule has 0 radical (unpaired) electrons. The minimum atomic E-state index is 0.714. The van der Waals surface area contributed by atoms with Crippen LogP contribution in [-0.2, 0) is 0 Å². The summed E-state index contributed by atoms with van der Waals surface area (Å²) in [6.07, 6.45) is 2.34. The van der Waals surface area contributed by atoms with Gasteiger partial charge in [-0.15, -0.1) is 0 Å². The van der Waals surface area contributed by atoms with E-state index in [9.17, 15) is 0 Å². The summed E-state index contributed by atoms with van der Waals surface area (Å²) in [6.45, 7) is 5.38. The lowest BCUT2D eigenvalue weighted by atomic mass is 10.1. The lowest BCUT2D eigenvalue weighted by Crippen LogP contribution is -2.48. The van der Waals surface area contributed by atoms with Gasteiger partial charge in [0.2, 0.25) is 0 Å². The highest BCUT2D eigenvalue weighted by Crippen LogP contribution is 2.16. The molecule has 1 unspecified atom stereocenters. The molecule has 1 fully saturated rings. The second-order valence-corrected chi connectivity index (χ2v) is 3.18. The molecule has 0 aromatic carbocycles. The monoisotopic (exact) mass is 153 g/mol. The van der Waals surface area contributed by atoms with Gasteiger partial charge in [-0.25, -0.2) is 0 Å². The van der Waals surface area contributed by atoms with Gasteiger partial charge in [0, 0.05) is 6.42 Å².